The van der Waals surface area contributed by atoms with Crippen LogP contribution in [-0.2, 0) is 4.79 Å². The zero-order valence-electron chi connectivity index (χ0n) is 12.0. The number of hydrogen-bond acceptors (Lipinski definition) is 3. The lowest BCUT2D eigenvalue weighted by atomic mass is 10.0. The molecule has 1 heterocycles. The largest absolute Gasteiger partial charge is 0.497 e. The molecule has 0 aliphatic carbocycles. The fraction of sp³-hybridized carbons (Fsp3) is 0.467. The number of rotatable bonds is 5. The summed E-state index contributed by atoms with van der Waals surface area (Å²) in [7, 11) is 1.62. The third-order valence-corrected chi connectivity index (χ3v) is 3.63. The topological polar surface area (TPSA) is 78.9 Å². The summed E-state index contributed by atoms with van der Waals surface area (Å²) in [6.45, 7) is 0.843. The van der Waals surface area contributed by atoms with Gasteiger partial charge in [0.2, 0.25) is 0 Å². The number of methoxy groups -OCH3 is 1. The van der Waals surface area contributed by atoms with Gasteiger partial charge in [0.25, 0.3) is 0 Å². The molecule has 6 heteroatoms. The molecular formula is C15H20N2O4. The lowest BCUT2D eigenvalue weighted by molar-refractivity contribution is -0.136. The lowest BCUT2D eigenvalue weighted by Crippen LogP contribution is -2.40. The van der Waals surface area contributed by atoms with Gasteiger partial charge >= 0.3 is 12.0 Å². The van der Waals surface area contributed by atoms with Crippen LogP contribution in [0.2, 0.25) is 0 Å². The first-order valence-corrected chi connectivity index (χ1v) is 7.02. The Morgan fingerprint density at radius 2 is 2.10 bits per heavy atom. The molecule has 0 saturated carbocycles. The number of nitrogens with one attached hydrogen (secondary N) is 1. The van der Waals surface area contributed by atoms with Gasteiger partial charge in [-0.1, -0.05) is 12.1 Å². The van der Waals surface area contributed by atoms with Crippen LogP contribution in [0, 0.1) is 0 Å². The first-order chi connectivity index (χ1) is 10.1. The van der Waals surface area contributed by atoms with Gasteiger partial charge in [-0.15, -0.1) is 0 Å². The molecule has 0 aromatic heterocycles. The predicted molar refractivity (Wildman–Crippen MR) is 77.3 cm³/mol. The molecule has 1 fully saturated rings. The van der Waals surface area contributed by atoms with E-state index in [1.54, 1.807) is 12.0 Å². The van der Waals surface area contributed by atoms with Crippen LogP contribution in [0.4, 0.5) is 4.79 Å². The van der Waals surface area contributed by atoms with Crippen molar-refractivity contribution in [2.75, 3.05) is 20.2 Å². The molecule has 2 rings (SSSR count). The van der Waals surface area contributed by atoms with Gasteiger partial charge in [0, 0.05) is 13.1 Å². The number of carboxylic acid groups (broad SMARTS) is 1. The van der Waals surface area contributed by atoms with Gasteiger partial charge in [0.15, 0.2) is 0 Å². The number of urea groups is 1. The minimum atomic E-state index is -0.913. The van der Waals surface area contributed by atoms with Crippen molar-refractivity contribution in [1.29, 1.82) is 0 Å². The highest BCUT2D eigenvalue weighted by Gasteiger charge is 2.29. The van der Waals surface area contributed by atoms with Gasteiger partial charge in [0.05, 0.1) is 19.6 Å². The van der Waals surface area contributed by atoms with Crippen LogP contribution >= 0.6 is 0 Å². The fourth-order valence-electron chi connectivity index (χ4n) is 2.56. The summed E-state index contributed by atoms with van der Waals surface area (Å²) in [4.78, 5) is 24.4. The second-order valence-corrected chi connectivity index (χ2v) is 5.00. The Balaban J connectivity index is 1.98. The number of amides is 2. The van der Waals surface area contributed by atoms with Gasteiger partial charge in [-0.05, 0) is 30.5 Å². The summed E-state index contributed by atoms with van der Waals surface area (Å²) >= 11 is 0. The normalized spacial score (nSPS) is 17.6. The van der Waals surface area contributed by atoms with E-state index in [0.717, 1.165) is 24.2 Å². The van der Waals surface area contributed by atoms with Crippen molar-refractivity contribution in [1.82, 2.24) is 10.2 Å². The average molecular weight is 292 g/mol. The summed E-state index contributed by atoms with van der Waals surface area (Å²) in [5, 5.41) is 11.3. The molecule has 6 nitrogen and oxygen atoms in total. The molecule has 0 spiro atoms. The lowest BCUT2D eigenvalue weighted by Gasteiger charge is -2.25. The summed E-state index contributed by atoms with van der Waals surface area (Å²) in [5.74, 6) is -0.127. The second kappa shape index (κ2) is 6.97. The Labute approximate surface area is 123 Å². The van der Waals surface area contributed by atoms with Crippen molar-refractivity contribution in [3.63, 3.8) is 0 Å². The summed E-state index contributed by atoms with van der Waals surface area (Å²) in [5.41, 5.74) is 1.07. The number of carboxylic acids is 1. The standard InChI is InChI=1S/C15H20N2O4/c1-21-12-6-4-11(5-7-12)13-3-2-10-17(13)15(20)16-9-8-14(18)19/h4-7,13H,2-3,8-10H2,1H3,(H,16,20)(H,18,19). The number of hydrogen-bond donors (Lipinski definition) is 2. The van der Waals surface area contributed by atoms with Crippen LogP contribution in [0.3, 0.4) is 0 Å². The number of ether oxygens (including phenoxy) is 1. The van der Waals surface area contributed by atoms with Gasteiger partial charge < -0.3 is 20.1 Å². The third-order valence-electron chi connectivity index (χ3n) is 3.63. The highest BCUT2D eigenvalue weighted by atomic mass is 16.5. The molecule has 1 atom stereocenters. The highest BCUT2D eigenvalue weighted by Crippen LogP contribution is 2.32. The Kier molecular flexibility index (Phi) is 5.03. The molecule has 1 aromatic rings. The third kappa shape index (κ3) is 3.87. The quantitative estimate of drug-likeness (QED) is 0.870. The molecular weight excluding hydrogens is 272 g/mol. The van der Waals surface area contributed by atoms with E-state index in [1.165, 1.54) is 0 Å². The zero-order valence-corrected chi connectivity index (χ0v) is 12.0. The summed E-state index contributed by atoms with van der Waals surface area (Å²) in [6, 6.07) is 7.54. The monoisotopic (exact) mass is 292 g/mol. The molecule has 2 N–H and O–H groups in total. The molecule has 1 saturated heterocycles. The number of nitrogens with zero attached hydrogens (tertiary/aromatic N) is 1. The van der Waals surface area contributed by atoms with Gasteiger partial charge in [0.1, 0.15) is 5.75 Å². The molecule has 1 aliphatic heterocycles. The summed E-state index contributed by atoms with van der Waals surface area (Å²) < 4.78 is 5.13. The Hall–Kier alpha value is -2.24. The molecule has 114 valence electrons. The summed E-state index contributed by atoms with van der Waals surface area (Å²) in [6.07, 6.45) is 1.80. The predicted octanol–water partition coefficient (Wildman–Crippen LogP) is 2.02. The highest BCUT2D eigenvalue weighted by molar-refractivity contribution is 5.76. The fourth-order valence-corrected chi connectivity index (χ4v) is 2.56. The molecule has 1 unspecified atom stereocenters. The van der Waals surface area contributed by atoms with E-state index < -0.39 is 5.97 Å². The van der Waals surface area contributed by atoms with Crippen molar-refractivity contribution in [3.8, 4) is 5.75 Å². The number of benzene rings is 1. The average Bonchev–Trinajstić information content (AvgIpc) is 2.96. The Morgan fingerprint density at radius 3 is 2.71 bits per heavy atom. The smallest absolute Gasteiger partial charge is 0.317 e. The molecule has 2 amide bonds. The van der Waals surface area contributed by atoms with Crippen molar-refractivity contribution in [2.24, 2.45) is 0 Å². The van der Waals surface area contributed by atoms with Gasteiger partial charge in [-0.3, -0.25) is 4.79 Å². The molecule has 0 bridgehead atoms. The van der Waals surface area contributed by atoms with Gasteiger partial charge in [-0.2, -0.15) is 0 Å². The van der Waals surface area contributed by atoms with Crippen molar-refractivity contribution < 1.29 is 19.4 Å². The molecule has 21 heavy (non-hydrogen) atoms. The van der Waals surface area contributed by atoms with Crippen LogP contribution in [0.15, 0.2) is 24.3 Å². The zero-order chi connectivity index (χ0) is 15.2. The Bertz CT molecular complexity index is 501. The van der Waals surface area contributed by atoms with Gasteiger partial charge in [-0.25, -0.2) is 4.79 Å². The van der Waals surface area contributed by atoms with Crippen LogP contribution in [0.25, 0.3) is 0 Å². The minimum Gasteiger partial charge on any atom is -0.497 e. The van der Waals surface area contributed by atoms with E-state index in [1.807, 2.05) is 24.3 Å². The van der Waals surface area contributed by atoms with Crippen LogP contribution < -0.4 is 10.1 Å². The van der Waals surface area contributed by atoms with Crippen LogP contribution in [0.5, 0.6) is 5.75 Å². The van der Waals surface area contributed by atoms with E-state index in [4.69, 9.17) is 9.84 Å². The van der Waals surface area contributed by atoms with Crippen molar-refractivity contribution in [3.05, 3.63) is 29.8 Å². The van der Waals surface area contributed by atoms with Crippen LogP contribution in [-0.4, -0.2) is 42.2 Å². The first-order valence-electron chi connectivity index (χ1n) is 7.02. The second-order valence-electron chi connectivity index (χ2n) is 5.00. The van der Waals surface area contributed by atoms with E-state index >= 15 is 0 Å². The first kappa shape index (κ1) is 15.2. The van der Waals surface area contributed by atoms with E-state index in [0.29, 0.717) is 6.54 Å². The number of aliphatic carboxylic acids is 1. The maximum absolute atomic E-state index is 12.1. The number of likely N-dealkylation sites (tertiary alicyclic amines) is 1. The van der Waals surface area contributed by atoms with E-state index in [2.05, 4.69) is 5.32 Å². The van der Waals surface area contributed by atoms with Crippen molar-refractivity contribution >= 4 is 12.0 Å². The Morgan fingerprint density at radius 1 is 1.38 bits per heavy atom. The number of carbonyl (C=O) groups is 2. The van der Waals surface area contributed by atoms with E-state index in [-0.39, 0.29) is 25.0 Å². The molecule has 1 aromatic carbocycles. The molecule has 1 aliphatic rings. The van der Waals surface area contributed by atoms with E-state index in [9.17, 15) is 9.59 Å². The molecule has 0 radical (unpaired) electrons. The SMILES string of the molecule is COc1ccc(C2CCCN2C(=O)NCCC(=O)O)cc1. The van der Waals surface area contributed by atoms with Crippen LogP contribution in [0.1, 0.15) is 30.9 Å². The van der Waals surface area contributed by atoms with Crippen molar-refractivity contribution in [2.45, 2.75) is 25.3 Å². The maximum atomic E-state index is 12.1. The maximum Gasteiger partial charge on any atom is 0.317 e. The minimum absolute atomic E-state index is 0.0423. The number of carbonyl (C=O) groups excluding carboxylic acids is 1.